The first-order valence-corrected chi connectivity index (χ1v) is 9.94. The second-order valence-electron chi connectivity index (χ2n) is 6.65. The molecule has 1 aromatic carbocycles. The van der Waals surface area contributed by atoms with E-state index in [-0.39, 0.29) is 11.9 Å². The third kappa shape index (κ3) is 4.47. The van der Waals surface area contributed by atoms with Crippen molar-refractivity contribution < 1.29 is 13.2 Å². The average molecular weight is 338 g/mol. The quantitative estimate of drug-likeness (QED) is 0.917. The molecule has 1 amide bonds. The van der Waals surface area contributed by atoms with Crippen LogP contribution in [0.3, 0.4) is 0 Å². The Morgan fingerprint density at radius 2 is 1.91 bits per heavy atom. The summed E-state index contributed by atoms with van der Waals surface area (Å²) in [5, 5.41) is 0. The van der Waals surface area contributed by atoms with E-state index in [1.807, 2.05) is 18.9 Å². The van der Waals surface area contributed by atoms with Gasteiger partial charge in [0.2, 0.25) is 10.0 Å². The Hall–Kier alpha value is -1.56. The number of sulfonamides is 1. The van der Waals surface area contributed by atoms with Crippen LogP contribution in [0.5, 0.6) is 0 Å². The third-order valence-electron chi connectivity index (χ3n) is 4.66. The van der Waals surface area contributed by atoms with Crippen LogP contribution in [-0.4, -0.2) is 38.6 Å². The number of carbonyl (C=O) groups is 1. The first-order valence-electron chi connectivity index (χ1n) is 8.04. The number of rotatable bonds is 4. The molecule has 6 heteroatoms. The lowest BCUT2D eigenvalue weighted by Crippen LogP contribution is -2.42. The summed E-state index contributed by atoms with van der Waals surface area (Å²) in [5.41, 5.74) is 1.77. The molecule has 1 fully saturated rings. The molecule has 1 saturated carbocycles. The molecular weight excluding hydrogens is 312 g/mol. The summed E-state index contributed by atoms with van der Waals surface area (Å²) in [7, 11) is -1.52. The van der Waals surface area contributed by atoms with Crippen LogP contribution in [0.15, 0.2) is 18.2 Å². The lowest BCUT2D eigenvalue weighted by atomic mass is 9.85. The fraction of sp³-hybridized carbons (Fsp3) is 0.588. The minimum absolute atomic E-state index is 0.0553. The molecule has 1 aliphatic carbocycles. The Bertz CT molecular complexity index is 685. The van der Waals surface area contributed by atoms with Gasteiger partial charge in [0.25, 0.3) is 5.91 Å². The van der Waals surface area contributed by atoms with Crippen LogP contribution in [0.25, 0.3) is 0 Å². The van der Waals surface area contributed by atoms with E-state index in [2.05, 4.69) is 11.6 Å². The van der Waals surface area contributed by atoms with Crippen LogP contribution in [0, 0.1) is 12.8 Å². The summed E-state index contributed by atoms with van der Waals surface area (Å²) >= 11 is 0. The number of hydrogen-bond acceptors (Lipinski definition) is 3. The summed E-state index contributed by atoms with van der Waals surface area (Å²) in [6.07, 6.45) is 5.67. The first kappa shape index (κ1) is 17.8. The number of hydrogen-bond donors (Lipinski definition) is 1. The van der Waals surface area contributed by atoms with Crippen LogP contribution >= 0.6 is 0 Å². The Morgan fingerprint density at radius 1 is 1.26 bits per heavy atom. The summed E-state index contributed by atoms with van der Waals surface area (Å²) < 4.78 is 25.4. The van der Waals surface area contributed by atoms with Gasteiger partial charge in [0, 0.05) is 18.7 Å². The van der Waals surface area contributed by atoms with Gasteiger partial charge < -0.3 is 4.90 Å². The molecule has 0 radical (unpaired) electrons. The van der Waals surface area contributed by atoms with Crippen molar-refractivity contribution in [3.05, 3.63) is 29.3 Å². The van der Waals surface area contributed by atoms with Gasteiger partial charge in [-0.15, -0.1) is 0 Å². The molecule has 2 atom stereocenters. The van der Waals surface area contributed by atoms with E-state index in [0.29, 0.717) is 17.2 Å². The van der Waals surface area contributed by atoms with Gasteiger partial charge >= 0.3 is 0 Å². The zero-order valence-corrected chi connectivity index (χ0v) is 15.1. The van der Waals surface area contributed by atoms with Crippen LogP contribution < -0.4 is 4.72 Å². The van der Waals surface area contributed by atoms with Crippen LogP contribution in [-0.2, 0) is 10.0 Å². The maximum absolute atomic E-state index is 12.8. The second-order valence-corrected chi connectivity index (χ2v) is 8.40. The fourth-order valence-corrected chi connectivity index (χ4v) is 3.91. The standard InChI is InChI=1S/C17H26N2O3S/c1-12-9-10-14(11-15(12)18-23(4,21)22)17(20)19(3)16-8-6-5-7-13(16)2/h9-11,13,16,18H,5-8H2,1-4H3. The highest BCUT2D eigenvalue weighted by Gasteiger charge is 2.28. The molecule has 0 aromatic heterocycles. The summed E-state index contributed by atoms with van der Waals surface area (Å²) in [4.78, 5) is 14.6. The molecule has 0 heterocycles. The fourth-order valence-electron chi connectivity index (χ4n) is 3.29. The summed E-state index contributed by atoms with van der Waals surface area (Å²) in [6.45, 7) is 4.01. The lowest BCUT2D eigenvalue weighted by Gasteiger charge is -2.36. The smallest absolute Gasteiger partial charge is 0.253 e. The third-order valence-corrected chi connectivity index (χ3v) is 5.25. The normalized spacial score (nSPS) is 21.7. The van der Waals surface area contributed by atoms with Gasteiger partial charge in [0.15, 0.2) is 0 Å². The zero-order valence-electron chi connectivity index (χ0n) is 14.3. The van der Waals surface area contributed by atoms with Gasteiger partial charge in [-0.2, -0.15) is 0 Å². The van der Waals surface area contributed by atoms with E-state index in [0.717, 1.165) is 31.1 Å². The van der Waals surface area contributed by atoms with Crippen LogP contribution in [0.4, 0.5) is 5.69 Å². The van der Waals surface area contributed by atoms with Crippen molar-refractivity contribution in [1.82, 2.24) is 4.90 Å². The SMILES string of the molecule is Cc1ccc(C(=O)N(C)C2CCCCC2C)cc1NS(C)(=O)=O. The molecular formula is C17H26N2O3S. The topological polar surface area (TPSA) is 66.5 Å². The lowest BCUT2D eigenvalue weighted by molar-refractivity contribution is 0.0629. The van der Waals surface area contributed by atoms with E-state index >= 15 is 0 Å². The van der Waals surface area contributed by atoms with Gasteiger partial charge in [-0.05, 0) is 43.4 Å². The molecule has 0 bridgehead atoms. The highest BCUT2D eigenvalue weighted by Crippen LogP contribution is 2.28. The molecule has 0 aliphatic heterocycles. The minimum Gasteiger partial charge on any atom is -0.338 e. The van der Waals surface area contributed by atoms with Crippen molar-refractivity contribution >= 4 is 21.6 Å². The second kappa shape index (κ2) is 6.91. The molecule has 5 nitrogen and oxygen atoms in total. The molecule has 1 N–H and O–H groups in total. The molecule has 2 unspecified atom stereocenters. The van der Waals surface area contributed by atoms with Crippen molar-refractivity contribution in [1.29, 1.82) is 0 Å². The molecule has 23 heavy (non-hydrogen) atoms. The van der Waals surface area contributed by atoms with Crippen molar-refractivity contribution in [2.24, 2.45) is 5.92 Å². The molecule has 0 spiro atoms. The molecule has 0 saturated heterocycles. The van der Waals surface area contributed by atoms with Gasteiger partial charge in [-0.3, -0.25) is 9.52 Å². The number of nitrogens with one attached hydrogen (secondary N) is 1. The number of anilines is 1. The minimum atomic E-state index is -3.37. The number of aryl methyl sites for hydroxylation is 1. The van der Waals surface area contributed by atoms with E-state index in [4.69, 9.17) is 0 Å². The first-order chi connectivity index (χ1) is 10.7. The van der Waals surface area contributed by atoms with Gasteiger partial charge in [-0.25, -0.2) is 8.42 Å². The predicted octanol–water partition coefficient (Wildman–Crippen LogP) is 3.02. The maximum atomic E-state index is 12.8. The molecule has 1 aromatic rings. The maximum Gasteiger partial charge on any atom is 0.253 e. The van der Waals surface area contributed by atoms with E-state index in [1.54, 1.807) is 18.2 Å². The van der Waals surface area contributed by atoms with Crippen molar-refractivity contribution in [3.8, 4) is 0 Å². The molecule has 128 valence electrons. The van der Waals surface area contributed by atoms with Gasteiger partial charge in [-0.1, -0.05) is 25.8 Å². The van der Waals surface area contributed by atoms with Crippen molar-refractivity contribution in [2.45, 2.75) is 45.6 Å². The Kier molecular flexibility index (Phi) is 5.34. The van der Waals surface area contributed by atoms with Gasteiger partial charge in [0.1, 0.15) is 0 Å². The molecule has 2 rings (SSSR count). The van der Waals surface area contributed by atoms with Gasteiger partial charge in [0.05, 0.1) is 11.9 Å². The number of amides is 1. The summed E-state index contributed by atoms with van der Waals surface area (Å²) in [6, 6.07) is 5.42. The van der Waals surface area contributed by atoms with E-state index in [9.17, 15) is 13.2 Å². The monoisotopic (exact) mass is 338 g/mol. The van der Waals surface area contributed by atoms with Crippen molar-refractivity contribution in [2.75, 3.05) is 18.0 Å². The Morgan fingerprint density at radius 3 is 2.52 bits per heavy atom. The van der Waals surface area contributed by atoms with E-state index in [1.165, 1.54) is 6.42 Å². The van der Waals surface area contributed by atoms with Crippen LogP contribution in [0.1, 0.15) is 48.5 Å². The number of carbonyl (C=O) groups excluding carboxylic acids is 1. The largest absolute Gasteiger partial charge is 0.338 e. The average Bonchev–Trinajstić information content (AvgIpc) is 2.47. The number of nitrogens with zero attached hydrogens (tertiary/aromatic N) is 1. The predicted molar refractivity (Wildman–Crippen MR) is 93.2 cm³/mol. The highest BCUT2D eigenvalue weighted by atomic mass is 32.2. The molecule has 1 aliphatic rings. The highest BCUT2D eigenvalue weighted by molar-refractivity contribution is 7.92. The summed E-state index contributed by atoms with van der Waals surface area (Å²) in [5.74, 6) is 0.442. The van der Waals surface area contributed by atoms with Crippen molar-refractivity contribution in [3.63, 3.8) is 0 Å². The Labute approximate surface area is 139 Å². The number of benzene rings is 1. The van der Waals surface area contributed by atoms with Crippen LogP contribution in [0.2, 0.25) is 0 Å². The Balaban J connectivity index is 2.23. The van der Waals surface area contributed by atoms with E-state index < -0.39 is 10.0 Å². The zero-order chi connectivity index (χ0) is 17.2.